The van der Waals surface area contributed by atoms with Crippen molar-refractivity contribution >= 4 is 32.3 Å². The van der Waals surface area contributed by atoms with Crippen LogP contribution in [0.3, 0.4) is 0 Å². The van der Waals surface area contributed by atoms with Gasteiger partial charge in [-0.25, -0.2) is 0 Å². The average molecular weight is 439 g/mol. The number of aryl methyl sites for hydroxylation is 1. The zero-order valence-corrected chi connectivity index (χ0v) is 22.2. The SMILES string of the molecule is CC.CC.CC.CC.Cc1cccc(-c2ccc3c4ccccc4c4ccccc4c3c2)c1. The molecule has 0 nitrogen and oxygen atoms in total. The van der Waals surface area contributed by atoms with E-state index < -0.39 is 0 Å². The van der Waals surface area contributed by atoms with Gasteiger partial charge < -0.3 is 0 Å². The highest BCUT2D eigenvalue weighted by Gasteiger charge is 2.09. The summed E-state index contributed by atoms with van der Waals surface area (Å²) in [7, 11) is 0. The minimum Gasteiger partial charge on any atom is -0.0683 e. The molecule has 174 valence electrons. The quantitative estimate of drug-likeness (QED) is 0.228. The van der Waals surface area contributed by atoms with Gasteiger partial charge in [0.1, 0.15) is 0 Å². The molecule has 0 unspecified atom stereocenters. The highest BCUT2D eigenvalue weighted by atomic mass is 14.1. The van der Waals surface area contributed by atoms with Gasteiger partial charge in [-0.3, -0.25) is 0 Å². The van der Waals surface area contributed by atoms with E-state index in [4.69, 9.17) is 0 Å². The lowest BCUT2D eigenvalue weighted by molar-refractivity contribution is 1.47. The van der Waals surface area contributed by atoms with Crippen LogP contribution in [-0.2, 0) is 0 Å². The fraction of sp³-hybridized carbons (Fsp3) is 0.273. The number of benzene rings is 5. The Balaban J connectivity index is 0.000000619. The van der Waals surface area contributed by atoms with Gasteiger partial charge in [0.25, 0.3) is 0 Å². The summed E-state index contributed by atoms with van der Waals surface area (Å²) in [4.78, 5) is 0. The summed E-state index contributed by atoms with van der Waals surface area (Å²) in [5.74, 6) is 0. The van der Waals surface area contributed by atoms with E-state index in [1.165, 1.54) is 49.0 Å². The maximum absolute atomic E-state index is 2.35. The summed E-state index contributed by atoms with van der Waals surface area (Å²) in [6.07, 6.45) is 0. The first kappa shape index (κ1) is 27.9. The summed E-state index contributed by atoms with van der Waals surface area (Å²) in [5, 5.41) is 7.96. The van der Waals surface area contributed by atoms with Gasteiger partial charge in [0, 0.05) is 0 Å². The van der Waals surface area contributed by atoms with E-state index in [0.717, 1.165) is 0 Å². The van der Waals surface area contributed by atoms with Gasteiger partial charge in [-0.15, -0.1) is 0 Å². The van der Waals surface area contributed by atoms with E-state index in [0.29, 0.717) is 0 Å². The molecule has 0 amide bonds. The van der Waals surface area contributed by atoms with Crippen LogP contribution in [0.4, 0.5) is 0 Å². The minimum absolute atomic E-state index is 1.27. The van der Waals surface area contributed by atoms with Crippen molar-refractivity contribution < 1.29 is 0 Å². The van der Waals surface area contributed by atoms with Gasteiger partial charge in [-0.2, -0.15) is 0 Å². The monoisotopic (exact) mass is 438 g/mol. The van der Waals surface area contributed by atoms with Gasteiger partial charge in [-0.05, 0) is 56.4 Å². The fourth-order valence-electron chi connectivity index (χ4n) is 3.91. The molecule has 0 atom stereocenters. The van der Waals surface area contributed by atoms with Crippen LogP contribution < -0.4 is 0 Å². The zero-order chi connectivity index (χ0) is 24.8. The minimum atomic E-state index is 1.27. The Morgan fingerprint density at radius 1 is 0.333 bits per heavy atom. The van der Waals surface area contributed by atoms with E-state index >= 15 is 0 Å². The Kier molecular flexibility index (Phi) is 12.6. The molecule has 0 aromatic heterocycles. The molecule has 5 aromatic rings. The predicted octanol–water partition coefficient (Wildman–Crippen LogP) is 11.2. The van der Waals surface area contributed by atoms with Crippen molar-refractivity contribution in [3.05, 3.63) is 96.6 Å². The summed E-state index contributed by atoms with van der Waals surface area (Å²) < 4.78 is 0. The molecular formula is C33H42. The topological polar surface area (TPSA) is 0 Å². The molecule has 33 heavy (non-hydrogen) atoms. The van der Waals surface area contributed by atoms with Crippen molar-refractivity contribution in [2.45, 2.75) is 62.3 Å². The van der Waals surface area contributed by atoms with Gasteiger partial charge >= 0.3 is 0 Å². The van der Waals surface area contributed by atoms with Crippen molar-refractivity contribution in [1.82, 2.24) is 0 Å². The number of fused-ring (bicyclic) bond motifs is 6. The van der Waals surface area contributed by atoms with Gasteiger partial charge in [-0.1, -0.05) is 146 Å². The third kappa shape index (κ3) is 6.23. The highest BCUT2D eigenvalue weighted by molar-refractivity contribution is 6.25. The van der Waals surface area contributed by atoms with E-state index in [1.54, 1.807) is 0 Å². The molecule has 0 aliphatic carbocycles. The molecule has 0 saturated carbocycles. The molecule has 5 aromatic carbocycles. The van der Waals surface area contributed by atoms with E-state index in [1.807, 2.05) is 55.4 Å². The molecule has 0 heterocycles. The third-order valence-corrected chi connectivity index (χ3v) is 5.10. The summed E-state index contributed by atoms with van der Waals surface area (Å²) in [6.45, 7) is 18.1. The largest absolute Gasteiger partial charge is 0.0683 e. The molecule has 0 radical (unpaired) electrons. The first-order valence-electron chi connectivity index (χ1n) is 12.7. The zero-order valence-electron chi connectivity index (χ0n) is 22.2. The molecule has 0 aliphatic heterocycles. The van der Waals surface area contributed by atoms with Gasteiger partial charge in [0.2, 0.25) is 0 Å². The predicted molar refractivity (Wildman–Crippen MR) is 155 cm³/mol. The van der Waals surface area contributed by atoms with Crippen LogP contribution in [0.25, 0.3) is 43.4 Å². The number of rotatable bonds is 1. The lowest BCUT2D eigenvalue weighted by Crippen LogP contribution is -1.85. The molecule has 0 saturated heterocycles. The van der Waals surface area contributed by atoms with Crippen LogP contribution in [0.15, 0.2) is 91.0 Å². The molecule has 0 aliphatic rings. The van der Waals surface area contributed by atoms with Crippen LogP contribution in [0.2, 0.25) is 0 Å². The van der Waals surface area contributed by atoms with Crippen molar-refractivity contribution in [3.8, 4) is 11.1 Å². The molecule has 0 spiro atoms. The van der Waals surface area contributed by atoms with E-state index in [2.05, 4.69) is 97.9 Å². The second-order valence-electron chi connectivity index (χ2n) is 6.72. The van der Waals surface area contributed by atoms with Crippen LogP contribution in [0, 0.1) is 6.92 Å². The van der Waals surface area contributed by atoms with Crippen molar-refractivity contribution in [1.29, 1.82) is 0 Å². The first-order chi connectivity index (χ1) is 16.3. The van der Waals surface area contributed by atoms with Crippen LogP contribution in [0.1, 0.15) is 61.0 Å². The second kappa shape index (κ2) is 14.9. The number of hydrogen-bond donors (Lipinski definition) is 0. The fourth-order valence-corrected chi connectivity index (χ4v) is 3.91. The first-order valence-corrected chi connectivity index (χ1v) is 12.7. The van der Waals surface area contributed by atoms with Crippen LogP contribution in [0.5, 0.6) is 0 Å². The lowest BCUT2D eigenvalue weighted by Gasteiger charge is -2.12. The van der Waals surface area contributed by atoms with Gasteiger partial charge in [0.05, 0.1) is 0 Å². The second-order valence-corrected chi connectivity index (χ2v) is 6.72. The Hall–Kier alpha value is -3.12. The standard InChI is InChI=1S/C25H18.4C2H6/c1-17-7-6-8-18(15-17)19-13-14-24-22-11-3-2-9-20(22)21-10-4-5-12-23(21)25(24)16-19;4*1-2/h2-16H,1H3;4*1-2H3. The molecule has 5 rings (SSSR count). The van der Waals surface area contributed by atoms with Crippen molar-refractivity contribution in [3.63, 3.8) is 0 Å². The Bertz CT molecular complexity index is 1210. The maximum Gasteiger partial charge on any atom is -0.00928 e. The van der Waals surface area contributed by atoms with Crippen LogP contribution in [-0.4, -0.2) is 0 Å². The Morgan fingerprint density at radius 3 is 1.18 bits per heavy atom. The third-order valence-electron chi connectivity index (χ3n) is 5.10. The Labute approximate surface area is 202 Å². The molecule has 0 fully saturated rings. The molecule has 0 bridgehead atoms. The van der Waals surface area contributed by atoms with Crippen molar-refractivity contribution in [2.24, 2.45) is 0 Å². The summed E-state index contributed by atoms with van der Waals surface area (Å²) >= 11 is 0. The number of hydrogen-bond acceptors (Lipinski definition) is 0. The van der Waals surface area contributed by atoms with E-state index in [9.17, 15) is 0 Å². The van der Waals surface area contributed by atoms with Crippen LogP contribution >= 0.6 is 0 Å². The van der Waals surface area contributed by atoms with Crippen molar-refractivity contribution in [2.75, 3.05) is 0 Å². The summed E-state index contributed by atoms with van der Waals surface area (Å²) in [6, 6.07) is 33.1. The normalized spacial score (nSPS) is 9.36. The summed E-state index contributed by atoms with van der Waals surface area (Å²) in [5.41, 5.74) is 3.84. The smallest absolute Gasteiger partial charge is 0.00928 e. The highest BCUT2D eigenvalue weighted by Crippen LogP contribution is 2.36. The molecule has 0 N–H and O–H groups in total. The van der Waals surface area contributed by atoms with E-state index in [-0.39, 0.29) is 0 Å². The average Bonchev–Trinajstić information content (AvgIpc) is 2.93. The molecular weight excluding hydrogens is 396 g/mol. The maximum atomic E-state index is 2.35. The molecule has 0 heteroatoms. The Morgan fingerprint density at radius 2 is 0.727 bits per heavy atom. The van der Waals surface area contributed by atoms with Gasteiger partial charge in [0.15, 0.2) is 0 Å². The lowest BCUT2D eigenvalue weighted by atomic mass is 9.92.